The number of likely N-dealkylation sites (N-methyl/N-ethyl adjacent to an activating group) is 1. The smallest absolute Gasteiger partial charge is 0.234 e. The molecule has 6 heteroatoms. The molecule has 0 radical (unpaired) electrons. The van der Waals surface area contributed by atoms with Gasteiger partial charge in [0, 0.05) is 25.7 Å². The summed E-state index contributed by atoms with van der Waals surface area (Å²) in [5.41, 5.74) is 1.03. The summed E-state index contributed by atoms with van der Waals surface area (Å²) in [5, 5.41) is 3.09. The van der Waals surface area contributed by atoms with Gasteiger partial charge in [0.15, 0.2) is 11.5 Å². The molecule has 132 valence electrons. The number of fused-ring (bicyclic) bond motifs is 1. The second-order valence-electron chi connectivity index (χ2n) is 6.77. The maximum atomic E-state index is 12.4. The molecule has 24 heavy (non-hydrogen) atoms. The fourth-order valence-electron chi connectivity index (χ4n) is 3.30. The SMILES string of the molecule is C[C@@H](NC(=O)CN1CCN(C)C[C@@H]1C)c1ccc2c(c1)OCCO2. The van der Waals surface area contributed by atoms with E-state index in [1.807, 2.05) is 25.1 Å². The van der Waals surface area contributed by atoms with Gasteiger partial charge in [0.05, 0.1) is 12.6 Å². The largest absolute Gasteiger partial charge is 0.486 e. The van der Waals surface area contributed by atoms with Gasteiger partial charge in [-0.15, -0.1) is 0 Å². The summed E-state index contributed by atoms with van der Waals surface area (Å²) >= 11 is 0. The van der Waals surface area contributed by atoms with Crippen molar-refractivity contribution >= 4 is 5.91 Å². The number of hydrogen-bond donors (Lipinski definition) is 1. The van der Waals surface area contributed by atoms with Crippen LogP contribution in [0.4, 0.5) is 0 Å². The first kappa shape index (κ1) is 17.0. The van der Waals surface area contributed by atoms with Crippen molar-refractivity contribution in [2.75, 3.05) is 46.4 Å². The van der Waals surface area contributed by atoms with Crippen LogP contribution < -0.4 is 14.8 Å². The third-order valence-corrected chi connectivity index (χ3v) is 4.76. The minimum Gasteiger partial charge on any atom is -0.486 e. The molecule has 0 unspecified atom stereocenters. The average molecular weight is 333 g/mol. The zero-order valence-electron chi connectivity index (χ0n) is 14.7. The minimum absolute atomic E-state index is 0.0592. The first-order chi connectivity index (χ1) is 11.5. The third kappa shape index (κ3) is 3.99. The quantitative estimate of drug-likeness (QED) is 0.899. The van der Waals surface area contributed by atoms with Crippen molar-refractivity contribution in [3.63, 3.8) is 0 Å². The Kier molecular flexibility index (Phi) is 5.26. The van der Waals surface area contributed by atoms with Gasteiger partial charge < -0.3 is 19.7 Å². The molecule has 2 heterocycles. The van der Waals surface area contributed by atoms with E-state index in [0.717, 1.165) is 36.7 Å². The Bertz CT molecular complexity index is 593. The average Bonchev–Trinajstić information content (AvgIpc) is 2.57. The van der Waals surface area contributed by atoms with Gasteiger partial charge >= 0.3 is 0 Å². The van der Waals surface area contributed by atoms with Gasteiger partial charge in [-0.3, -0.25) is 9.69 Å². The molecule has 0 saturated carbocycles. The second-order valence-corrected chi connectivity index (χ2v) is 6.77. The molecule has 2 atom stereocenters. The molecule has 1 aromatic carbocycles. The van der Waals surface area contributed by atoms with Crippen LogP contribution in [0.25, 0.3) is 0 Å². The van der Waals surface area contributed by atoms with Crippen molar-refractivity contribution < 1.29 is 14.3 Å². The topological polar surface area (TPSA) is 54.0 Å². The number of nitrogens with zero attached hydrogens (tertiary/aromatic N) is 2. The summed E-state index contributed by atoms with van der Waals surface area (Å²) in [6, 6.07) is 6.19. The second kappa shape index (κ2) is 7.40. The first-order valence-corrected chi connectivity index (χ1v) is 8.64. The lowest BCUT2D eigenvalue weighted by atomic mass is 10.1. The number of amides is 1. The number of nitrogens with one attached hydrogen (secondary N) is 1. The Morgan fingerprint density at radius 1 is 1.29 bits per heavy atom. The van der Waals surface area contributed by atoms with Gasteiger partial charge in [0.2, 0.25) is 5.91 Å². The van der Waals surface area contributed by atoms with E-state index < -0.39 is 0 Å². The van der Waals surface area contributed by atoms with Gasteiger partial charge in [-0.2, -0.15) is 0 Å². The molecule has 1 saturated heterocycles. The van der Waals surface area contributed by atoms with E-state index in [1.165, 1.54) is 0 Å². The van der Waals surface area contributed by atoms with Crippen LogP contribution in [0.5, 0.6) is 11.5 Å². The number of carbonyl (C=O) groups is 1. The summed E-state index contributed by atoms with van der Waals surface area (Å²) in [7, 11) is 2.12. The summed E-state index contributed by atoms with van der Waals surface area (Å²) in [6.07, 6.45) is 0. The lowest BCUT2D eigenvalue weighted by Gasteiger charge is -2.37. The number of benzene rings is 1. The van der Waals surface area contributed by atoms with Crippen molar-refractivity contribution in [1.29, 1.82) is 0 Å². The molecule has 2 aliphatic rings. The number of hydrogen-bond acceptors (Lipinski definition) is 5. The van der Waals surface area contributed by atoms with E-state index >= 15 is 0 Å². The van der Waals surface area contributed by atoms with Crippen molar-refractivity contribution in [2.45, 2.75) is 25.9 Å². The van der Waals surface area contributed by atoms with Gasteiger partial charge in [-0.1, -0.05) is 6.07 Å². The highest BCUT2D eigenvalue weighted by Gasteiger charge is 2.24. The van der Waals surface area contributed by atoms with Crippen LogP contribution in [-0.4, -0.2) is 68.2 Å². The molecule has 1 aromatic rings. The standard InChI is InChI=1S/C18H27N3O3/c1-13-11-20(3)6-7-21(13)12-18(22)19-14(2)15-4-5-16-17(10-15)24-9-8-23-16/h4-5,10,13-14H,6-9,11-12H2,1-3H3,(H,19,22)/t13-,14+/m0/s1. The molecule has 0 aliphatic carbocycles. The van der Waals surface area contributed by atoms with E-state index in [0.29, 0.717) is 25.8 Å². The van der Waals surface area contributed by atoms with Crippen LogP contribution in [0.3, 0.4) is 0 Å². The van der Waals surface area contributed by atoms with E-state index in [2.05, 4.69) is 29.1 Å². The molecule has 2 aliphatic heterocycles. The molecule has 1 N–H and O–H groups in total. The van der Waals surface area contributed by atoms with Gasteiger partial charge in [0.1, 0.15) is 13.2 Å². The summed E-state index contributed by atoms with van der Waals surface area (Å²) in [4.78, 5) is 16.9. The fraction of sp³-hybridized carbons (Fsp3) is 0.611. The van der Waals surface area contributed by atoms with Crippen LogP contribution in [-0.2, 0) is 4.79 Å². The number of piperazine rings is 1. The minimum atomic E-state index is -0.0592. The number of carbonyl (C=O) groups excluding carboxylic acids is 1. The monoisotopic (exact) mass is 333 g/mol. The van der Waals surface area contributed by atoms with Crippen molar-refractivity contribution in [2.24, 2.45) is 0 Å². The van der Waals surface area contributed by atoms with E-state index in [1.54, 1.807) is 0 Å². The van der Waals surface area contributed by atoms with Gasteiger partial charge in [-0.05, 0) is 38.6 Å². The van der Waals surface area contributed by atoms with Crippen molar-refractivity contribution in [3.05, 3.63) is 23.8 Å². The predicted molar refractivity (Wildman–Crippen MR) is 92.5 cm³/mol. The zero-order chi connectivity index (χ0) is 17.1. The summed E-state index contributed by atoms with van der Waals surface area (Å²) < 4.78 is 11.2. The van der Waals surface area contributed by atoms with Crippen LogP contribution in [0.15, 0.2) is 18.2 Å². The Balaban J connectivity index is 1.56. The molecule has 0 bridgehead atoms. The molecule has 1 amide bonds. The van der Waals surface area contributed by atoms with Gasteiger partial charge in [0.25, 0.3) is 0 Å². The highest BCUT2D eigenvalue weighted by atomic mass is 16.6. The Labute approximate surface area is 143 Å². The number of rotatable bonds is 4. The summed E-state index contributed by atoms with van der Waals surface area (Å²) in [5.74, 6) is 1.59. The molecular formula is C18H27N3O3. The Morgan fingerprint density at radius 2 is 2.04 bits per heavy atom. The molecule has 0 aromatic heterocycles. The predicted octanol–water partition coefficient (Wildman–Crippen LogP) is 1.27. The number of ether oxygens (including phenoxy) is 2. The van der Waals surface area contributed by atoms with Crippen molar-refractivity contribution in [1.82, 2.24) is 15.1 Å². The van der Waals surface area contributed by atoms with Gasteiger partial charge in [-0.25, -0.2) is 0 Å². The molecule has 1 fully saturated rings. The van der Waals surface area contributed by atoms with E-state index in [-0.39, 0.29) is 11.9 Å². The lowest BCUT2D eigenvalue weighted by molar-refractivity contribution is -0.124. The zero-order valence-corrected chi connectivity index (χ0v) is 14.7. The highest BCUT2D eigenvalue weighted by molar-refractivity contribution is 5.78. The lowest BCUT2D eigenvalue weighted by Crippen LogP contribution is -2.53. The van der Waals surface area contributed by atoms with Crippen LogP contribution >= 0.6 is 0 Å². The normalized spacial score (nSPS) is 22.9. The maximum absolute atomic E-state index is 12.4. The van der Waals surface area contributed by atoms with Crippen LogP contribution in [0.2, 0.25) is 0 Å². The Morgan fingerprint density at radius 3 is 2.79 bits per heavy atom. The highest BCUT2D eigenvalue weighted by Crippen LogP contribution is 2.32. The molecule has 3 rings (SSSR count). The molecule has 0 spiro atoms. The maximum Gasteiger partial charge on any atom is 0.234 e. The van der Waals surface area contributed by atoms with Crippen molar-refractivity contribution in [3.8, 4) is 11.5 Å². The third-order valence-electron chi connectivity index (χ3n) is 4.76. The Hall–Kier alpha value is -1.79. The van der Waals surface area contributed by atoms with Crippen LogP contribution in [0.1, 0.15) is 25.5 Å². The first-order valence-electron chi connectivity index (χ1n) is 8.64. The fourth-order valence-corrected chi connectivity index (χ4v) is 3.30. The van der Waals surface area contributed by atoms with E-state index in [4.69, 9.17) is 9.47 Å². The van der Waals surface area contributed by atoms with E-state index in [9.17, 15) is 4.79 Å². The molecule has 6 nitrogen and oxygen atoms in total. The molecular weight excluding hydrogens is 306 g/mol. The summed E-state index contributed by atoms with van der Waals surface area (Å²) in [6.45, 7) is 8.72. The van der Waals surface area contributed by atoms with Crippen LogP contribution in [0, 0.1) is 0 Å².